The van der Waals surface area contributed by atoms with Gasteiger partial charge in [-0.05, 0) is 48.4 Å². The number of anilines is 1. The van der Waals surface area contributed by atoms with Gasteiger partial charge in [0, 0.05) is 37.9 Å². The number of benzene rings is 3. The maximum Gasteiger partial charge on any atom is 0.279 e. The van der Waals surface area contributed by atoms with Crippen molar-refractivity contribution in [1.29, 1.82) is 0 Å². The number of non-ortho nitro benzene ring substituents is 1. The van der Waals surface area contributed by atoms with Gasteiger partial charge in [0.1, 0.15) is 0 Å². The van der Waals surface area contributed by atoms with Crippen LogP contribution in [0.25, 0.3) is 10.2 Å². The lowest BCUT2D eigenvalue weighted by molar-refractivity contribution is -0.384. The number of hydrogen-bond acceptors (Lipinski definition) is 7. The number of methoxy groups -OCH3 is 1. The van der Waals surface area contributed by atoms with Crippen molar-refractivity contribution >= 4 is 48.9 Å². The molecule has 1 amide bonds. The minimum Gasteiger partial charge on any atom is -0.383 e. The van der Waals surface area contributed by atoms with Crippen LogP contribution in [0, 0.1) is 10.1 Å². The number of para-hydroxylation sites is 1. The normalized spacial score (nSPS) is 13.8. The SMILES string of the molecule is COCCn1c(=NC(=O)c2ccc(S(=O)(=O)N3CCc4ccccc43)cc2)sc2cc([N+](=O)[O-])ccc21. The van der Waals surface area contributed by atoms with E-state index in [9.17, 15) is 23.3 Å². The lowest BCUT2D eigenvalue weighted by Crippen LogP contribution is -2.29. The van der Waals surface area contributed by atoms with E-state index in [2.05, 4.69) is 4.99 Å². The van der Waals surface area contributed by atoms with Gasteiger partial charge in [-0.3, -0.25) is 19.2 Å². The Kier molecular flexibility index (Phi) is 6.63. The van der Waals surface area contributed by atoms with Crippen molar-refractivity contribution in [1.82, 2.24) is 4.57 Å². The van der Waals surface area contributed by atoms with E-state index in [1.807, 2.05) is 12.1 Å². The largest absolute Gasteiger partial charge is 0.383 e. The van der Waals surface area contributed by atoms with Crippen LogP contribution in [-0.2, 0) is 27.7 Å². The highest BCUT2D eigenvalue weighted by atomic mass is 32.2. The number of amides is 1. The minimum atomic E-state index is -3.78. The highest BCUT2D eigenvalue weighted by Crippen LogP contribution is 2.32. The number of ether oxygens (including phenoxy) is 1. The molecule has 0 bridgehead atoms. The maximum atomic E-state index is 13.2. The number of aromatic nitrogens is 1. The van der Waals surface area contributed by atoms with E-state index < -0.39 is 20.9 Å². The molecule has 4 aromatic rings. The van der Waals surface area contributed by atoms with Crippen LogP contribution >= 0.6 is 11.3 Å². The molecular weight excluding hydrogens is 516 g/mol. The lowest BCUT2D eigenvalue weighted by atomic mass is 10.2. The van der Waals surface area contributed by atoms with Crippen LogP contribution in [0.3, 0.4) is 0 Å². The van der Waals surface area contributed by atoms with Crippen LogP contribution in [0.1, 0.15) is 15.9 Å². The average molecular weight is 539 g/mol. The number of rotatable bonds is 7. The molecule has 5 rings (SSSR count). The number of nitro groups is 1. The van der Waals surface area contributed by atoms with Gasteiger partial charge in [0.15, 0.2) is 4.80 Å². The average Bonchev–Trinajstić information content (AvgIpc) is 3.48. The second-order valence-electron chi connectivity index (χ2n) is 8.34. The second-order valence-corrected chi connectivity index (χ2v) is 11.2. The van der Waals surface area contributed by atoms with E-state index in [1.54, 1.807) is 29.9 Å². The summed E-state index contributed by atoms with van der Waals surface area (Å²) in [6, 6.07) is 17.6. The number of fused-ring (bicyclic) bond motifs is 2. The first-order chi connectivity index (χ1) is 17.8. The number of carbonyl (C=O) groups is 1. The summed E-state index contributed by atoms with van der Waals surface area (Å²) in [5, 5.41) is 11.2. The molecule has 1 aliphatic heterocycles. The van der Waals surface area contributed by atoms with Gasteiger partial charge >= 0.3 is 0 Å². The highest BCUT2D eigenvalue weighted by Gasteiger charge is 2.30. The summed E-state index contributed by atoms with van der Waals surface area (Å²) in [5.74, 6) is -0.553. The van der Waals surface area contributed by atoms with E-state index in [1.165, 1.54) is 40.7 Å². The monoisotopic (exact) mass is 538 g/mol. The van der Waals surface area contributed by atoms with Gasteiger partial charge in [-0.2, -0.15) is 4.99 Å². The zero-order valence-electron chi connectivity index (χ0n) is 19.7. The molecule has 3 aromatic carbocycles. The predicted octanol–water partition coefficient (Wildman–Crippen LogP) is 3.75. The molecule has 190 valence electrons. The fraction of sp³-hybridized carbons (Fsp3) is 0.200. The second kappa shape index (κ2) is 9.88. The number of sulfonamides is 1. The van der Waals surface area contributed by atoms with Crippen molar-refractivity contribution in [2.45, 2.75) is 17.9 Å². The van der Waals surface area contributed by atoms with Gasteiger partial charge in [-0.1, -0.05) is 29.5 Å². The zero-order valence-corrected chi connectivity index (χ0v) is 21.4. The molecule has 10 nitrogen and oxygen atoms in total. The highest BCUT2D eigenvalue weighted by molar-refractivity contribution is 7.92. The molecule has 0 saturated carbocycles. The van der Waals surface area contributed by atoms with Crippen molar-refractivity contribution < 1.29 is 22.9 Å². The molecule has 0 N–H and O–H groups in total. The van der Waals surface area contributed by atoms with Gasteiger partial charge in [-0.15, -0.1) is 0 Å². The van der Waals surface area contributed by atoms with Crippen molar-refractivity contribution in [3.8, 4) is 0 Å². The summed E-state index contributed by atoms with van der Waals surface area (Å²) in [6.07, 6.45) is 0.645. The maximum absolute atomic E-state index is 13.2. The van der Waals surface area contributed by atoms with E-state index in [0.717, 1.165) is 16.9 Å². The first kappa shape index (κ1) is 24.8. The van der Waals surface area contributed by atoms with Crippen LogP contribution in [0.5, 0.6) is 0 Å². The Labute approximate surface area is 216 Å². The minimum absolute atomic E-state index is 0.0528. The van der Waals surface area contributed by atoms with E-state index in [0.29, 0.717) is 46.8 Å². The molecule has 1 aromatic heterocycles. The molecule has 0 fully saturated rings. The van der Waals surface area contributed by atoms with Crippen molar-refractivity contribution in [3.63, 3.8) is 0 Å². The number of nitrogens with zero attached hydrogens (tertiary/aromatic N) is 4. The third kappa shape index (κ3) is 4.66. The molecule has 0 spiro atoms. The van der Waals surface area contributed by atoms with E-state index in [-0.39, 0.29) is 16.1 Å². The molecular formula is C25H22N4O6S2. The summed E-state index contributed by atoms with van der Waals surface area (Å²) in [7, 11) is -2.22. The van der Waals surface area contributed by atoms with Gasteiger partial charge in [0.25, 0.3) is 21.6 Å². The molecule has 0 atom stereocenters. The van der Waals surface area contributed by atoms with Gasteiger partial charge < -0.3 is 9.30 Å². The summed E-state index contributed by atoms with van der Waals surface area (Å²) in [4.78, 5) is 28.4. The standard InChI is InChI=1S/C25H22N4O6S2/c1-35-15-14-27-22-11-8-19(29(31)32)16-23(22)36-25(27)26-24(30)18-6-9-20(10-7-18)37(33,34)28-13-12-17-4-2-3-5-21(17)28/h2-11,16H,12-15H2,1H3. The molecule has 1 aliphatic rings. The molecule has 37 heavy (non-hydrogen) atoms. The Bertz CT molecular complexity index is 1690. The third-order valence-electron chi connectivity index (χ3n) is 6.13. The Balaban J connectivity index is 1.46. The van der Waals surface area contributed by atoms with Crippen LogP contribution in [-0.4, -0.2) is 44.1 Å². The summed E-state index contributed by atoms with van der Waals surface area (Å²) >= 11 is 1.16. The fourth-order valence-corrected chi connectivity index (χ4v) is 6.86. The van der Waals surface area contributed by atoms with Gasteiger partial charge in [0.2, 0.25) is 0 Å². The Hall–Kier alpha value is -3.87. The van der Waals surface area contributed by atoms with E-state index >= 15 is 0 Å². The quantitative estimate of drug-likeness (QED) is 0.261. The van der Waals surface area contributed by atoms with Crippen molar-refractivity contribution in [3.05, 3.63) is 92.8 Å². The number of carbonyl (C=O) groups excluding carboxylic acids is 1. The number of nitro benzene ring substituents is 1. The predicted molar refractivity (Wildman–Crippen MR) is 139 cm³/mol. The third-order valence-corrected chi connectivity index (χ3v) is 9.00. The first-order valence-electron chi connectivity index (χ1n) is 11.4. The molecule has 0 saturated heterocycles. The van der Waals surface area contributed by atoms with E-state index in [4.69, 9.17) is 4.74 Å². The Morgan fingerprint density at radius 2 is 1.89 bits per heavy atom. The topological polar surface area (TPSA) is 124 Å². The number of hydrogen-bond donors (Lipinski definition) is 0. The van der Waals surface area contributed by atoms with Crippen LogP contribution in [0.4, 0.5) is 11.4 Å². The van der Waals surface area contributed by atoms with Crippen molar-refractivity contribution in [2.24, 2.45) is 4.99 Å². The van der Waals surface area contributed by atoms with Gasteiger partial charge in [0.05, 0.1) is 32.3 Å². The molecule has 12 heteroatoms. The number of thiazole rings is 1. The smallest absolute Gasteiger partial charge is 0.279 e. The van der Waals surface area contributed by atoms with Crippen LogP contribution in [0.15, 0.2) is 76.6 Å². The first-order valence-corrected chi connectivity index (χ1v) is 13.6. The summed E-state index contributed by atoms with van der Waals surface area (Å²) in [5.41, 5.74) is 2.52. The van der Waals surface area contributed by atoms with Crippen LogP contribution in [0.2, 0.25) is 0 Å². The summed E-state index contributed by atoms with van der Waals surface area (Å²) in [6.45, 7) is 1.12. The van der Waals surface area contributed by atoms with Crippen molar-refractivity contribution in [2.75, 3.05) is 24.6 Å². The Morgan fingerprint density at radius 1 is 1.14 bits per heavy atom. The van der Waals surface area contributed by atoms with Gasteiger partial charge in [-0.25, -0.2) is 8.42 Å². The molecule has 0 unspecified atom stereocenters. The molecule has 0 aliphatic carbocycles. The fourth-order valence-electron chi connectivity index (χ4n) is 4.27. The lowest BCUT2D eigenvalue weighted by Gasteiger charge is -2.19. The summed E-state index contributed by atoms with van der Waals surface area (Å²) < 4.78 is 35.4. The molecule has 0 radical (unpaired) electrons. The van der Waals surface area contributed by atoms with Crippen LogP contribution < -0.4 is 9.11 Å². The Morgan fingerprint density at radius 3 is 2.62 bits per heavy atom. The molecule has 2 heterocycles. The zero-order chi connectivity index (χ0) is 26.2.